The van der Waals surface area contributed by atoms with Crippen LogP contribution in [0.2, 0.25) is 0 Å². The van der Waals surface area contributed by atoms with Gasteiger partial charge in [-0.1, -0.05) is 12.1 Å². The third kappa shape index (κ3) is 4.49. The summed E-state index contributed by atoms with van der Waals surface area (Å²) in [6.07, 6.45) is 0. The molecule has 132 valence electrons. The molecular formula is C18H19NO3S3. The lowest BCUT2D eigenvalue weighted by molar-refractivity contribution is 0.340. The van der Waals surface area contributed by atoms with Gasteiger partial charge in [0.2, 0.25) is 10.0 Å². The first kappa shape index (κ1) is 18.1. The summed E-state index contributed by atoms with van der Waals surface area (Å²) in [5.41, 5.74) is 0. The second kappa shape index (κ2) is 8.14. The third-order valence-electron chi connectivity index (χ3n) is 3.60. The molecule has 1 aromatic carbocycles. The molecule has 25 heavy (non-hydrogen) atoms. The van der Waals surface area contributed by atoms with Crippen molar-refractivity contribution >= 4 is 32.7 Å². The van der Waals surface area contributed by atoms with Gasteiger partial charge in [0.05, 0.1) is 11.5 Å². The Morgan fingerprint density at radius 2 is 1.48 bits per heavy atom. The van der Waals surface area contributed by atoms with Gasteiger partial charge >= 0.3 is 0 Å². The van der Waals surface area contributed by atoms with Crippen LogP contribution in [0.15, 0.2) is 64.2 Å². The van der Waals surface area contributed by atoms with Crippen molar-refractivity contribution in [3.8, 4) is 5.75 Å². The van der Waals surface area contributed by atoms with Crippen molar-refractivity contribution in [3.63, 3.8) is 0 Å². The Kier molecular flexibility index (Phi) is 5.90. The molecule has 0 saturated heterocycles. The van der Waals surface area contributed by atoms with E-state index in [-0.39, 0.29) is 4.90 Å². The standard InChI is InChI=1S/C18H19NO3S3/c1-2-22-15-7-9-18(10-8-15)25(20,21)19(13-16-5-3-11-23-16)14-17-6-4-12-24-17/h3-12H,2,13-14H2,1H3. The highest BCUT2D eigenvalue weighted by Gasteiger charge is 2.25. The summed E-state index contributed by atoms with van der Waals surface area (Å²) in [6, 6.07) is 14.4. The van der Waals surface area contributed by atoms with E-state index in [0.717, 1.165) is 9.75 Å². The average molecular weight is 394 g/mol. The van der Waals surface area contributed by atoms with E-state index in [1.54, 1.807) is 46.9 Å². The number of hydrogen-bond donors (Lipinski definition) is 0. The number of benzene rings is 1. The van der Waals surface area contributed by atoms with Crippen molar-refractivity contribution in [2.24, 2.45) is 0 Å². The van der Waals surface area contributed by atoms with Gasteiger partial charge in [-0.2, -0.15) is 4.31 Å². The predicted octanol–water partition coefficient (Wildman–Crippen LogP) is 4.60. The van der Waals surface area contributed by atoms with Gasteiger partial charge in [0.25, 0.3) is 0 Å². The van der Waals surface area contributed by atoms with Crippen LogP contribution in [0.25, 0.3) is 0 Å². The average Bonchev–Trinajstić information content (AvgIpc) is 3.29. The lowest BCUT2D eigenvalue weighted by atomic mass is 10.3. The minimum atomic E-state index is -3.59. The van der Waals surface area contributed by atoms with Gasteiger partial charge < -0.3 is 4.74 Å². The number of hydrogen-bond acceptors (Lipinski definition) is 5. The van der Waals surface area contributed by atoms with Crippen LogP contribution < -0.4 is 4.74 Å². The van der Waals surface area contributed by atoms with Crippen molar-refractivity contribution < 1.29 is 13.2 Å². The summed E-state index contributed by atoms with van der Waals surface area (Å²) >= 11 is 3.12. The Hall–Kier alpha value is -1.67. The highest BCUT2D eigenvalue weighted by atomic mass is 32.2. The van der Waals surface area contributed by atoms with Crippen molar-refractivity contribution in [3.05, 3.63) is 69.0 Å². The molecule has 0 aliphatic rings. The maximum atomic E-state index is 13.1. The highest BCUT2D eigenvalue weighted by molar-refractivity contribution is 7.89. The van der Waals surface area contributed by atoms with Gasteiger partial charge in [-0.3, -0.25) is 0 Å². The molecule has 0 spiro atoms. The molecule has 0 bridgehead atoms. The summed E-state index contributed by atoms with van der Waals surface area (Å²) in [5, 5.41) is 3.92. The van der Waals surface area contributed by atoms with Gasteiger partial charge in [0.15, 0.2) is 0 Å². The van der Waals surface area contributed by atoms with Crippen LogP contribution in [0.3, 0.4) is 0 Å². The molecule has 0 saturated carbocycles. The van der Waals surface area contributed by atoms with Gasteiger partial charge in [-0.15, -0.1) is 22.7 Å². The van der Waals surface area contributed by atoms with Gasteiger partial charge in [-0.25, -0.2) is 8.42 Å². The molecule has 3 rings (SSSR count). The van der Waals surface area contributed by atoms with Crippen LogP contribution in [0, 0.1) is 0 Å². The van der Waals surface area contributed by atoms with E-state index in [1.807, 2.05) is 41.9 Å². The number of sulfonamides is 1. The van der Waals surface area contributed by atoms with E-state index in [0.29, 0.717) is 25.4 Å². The molecular weight excluding hydrogens is 374 g/mol. The van der Waals surface area contributed by atoms with E-state index >= 15 is 0 Å². The van der Waals surface area contributed by atoms with E-state index in [4.69, 9.17) is 4.74 Å². The molecule has 3 aromatic rings. The minimum absolute atomic E-state index is 0.282. The van der Waals surface area contributed by atoms with E-state index in [2.05, 4.69) is 0 Å². The van der Waals surface area contributed by atoms with E-state index in [1.165, 1.54) is 4.31 Å². The SMILES string of the molecule is CCOc1ccc(S(=O)(=O)N(Cc2cccs2)Cc2cccs2)cc1. The Bertz CT molecular complexity index is 834. The van der Waals surface area contributed by atoms with E-state index in [9.17, 15) is 8.42 Å². The largest absolute Gasteiger partial charge is 0.494 e. The first-order valence-electron chi connectivity index (χ1n) is 7.87. The smallest absolute Gasteiger partial charge is 0.243 e. The van der Waals surface area contributed by atoms with Crippen LogP contribution in [0.5, 0.6) is 5.75 Å². The van der Waals surface area contributed by atoms with Crippen LogP contribution in [-0.2, 0) is 23.1 Å². The van der Waals surface area contributed by atoms with E-state index < -0.39 is 10.0 Å². The predicted molar refractivity (Wildman–Crippen MR) is 103 cm³/mol. The molecule has 2 heterocycles. The Balaban J connectivity index is 1.89. The van der Waals surface area contributed by atoms with Crippen LogP contribution in [-0.4, -0.2) is 19.3 Å². The normalized spacial score (nSPS) is 11.8. The molecule has 0 fully saturated rings. The molecule has 0 atom stereocenters. The minimum Gasteiger partial charge on any atom is -0.494 e. The fraction of sp³-hybridized carbons (Fsp3) is 0.222. The second-order valence-electron chi connectivity index (χ2n) is 5.34. The lowest BCUT2D eigenvalue weighted by Gasteiger charge is -2.21. The molecule has 0 amide bonds. The fourth-order valence-corrected chi connectivity index (χ4v) is 5.40. The van der Waals surface area contributed by atoms with Gasteiger partial charge in [0.1, 0.15) is 5.75 Å². The van der Waals surface area contributed by atoms with Crippen molar-refractivity contribution in [1.82, 2.24) is 4.31 Å². The Morgan fingerprint density at radius 3 is 1.92 bits per heavy atom. The Labute approximate surface area is 156 Å². The van der Waals surface area contributed by atoms with Crippen molar-refractivity contribution in [2.75, 3.05) is 6.61 Å². The molecule has 0 aliphatic heterocycles. The van der Waals surface area contributed by atoms with Gasteiger partial charge in [-0.05, 0) is 54.1 Å². The summed E-state index contributed by atoms with van der Waals surface area (Å²) in [4.78, 5) is 2.32. The molecule has 0 N–H and O–H groups in total. The maximum absolute atomic E-state index is 13.1. The summed E-state index contributed by atoms with van der Waals surface area (Å²) in [5.74, 6) is 0.671. The van der Waals surface area contributed by atoms with Crippen molar-refractivity contribution in [1.29, 1.82) is 0 Å². The highest BCUT2D eigenvalue weighted by Crippen LogP contribution is 2.25. The molecule has 4 nitrogen and oxygen atoms in total. The second-order valence-corrected chi connectivity index (χ2v) is 9.34. The third-order valence-corrected chi connectivity index (χ3v) is 7.13. The van der Waals surface area contributed by atoms with Crippen LogP contribution >= 0.6 is 22.7 Å². The first-order valence-corrected chi connectivity index (χ1v) is 11.1. The fourth-order valence-electron chi connectivity index (χ4n) is 2.40. The quantitative estimate of drug-likeness (QED) is 0.562. The van der Waals surface area contributed by atoms with Gasteiger partial charge in [0, 0.05) is 22.8 Å². The summed E-state index contributed by atoms with van der Waals surface area (Å²) in [6.45, 7) is 3.18. The zero-order valence-corrected chi connectivity index (χ0v) is 16.2. The molecule has 2 aromatic heterocycles. The van der Waals surface area contributed by atoms with Crippen LogP contribution in [0.4, 0.5) is 0 Å². The van der Waals surface area contributed by atoms with Crippen LogP contribution in [0.1, 0.15) is 16.7 Å². The molecule has 0 unspecified atom stereocenters. The van der Waals surface area contributed by atoms with Crippen molar-refractivity contribution in [2.45, 2.75) is 24.9 Å². The number of nitrogens with zero attached hydrogens (tertiary/aromatic N) is 1. The molecule has 0 aliphatic carbocycles. The topological polar surface area (TPSA) is 46.6 Å². The Morgan fingerprint density at radius 1 is 0.920 bits per heavy atom. The zero-order chi connectivity index (χ0) is 17.7. The summed E-state index contributed by atoms with van der Waals surface area (Å²) < 4.78 is 33.2. The molecule has 7 heteroatoms. The number of ether oxygens (including phenoxy) is 1. The maximum Gasteiger partial charge on any atom is 0.243 e. The molecule has 0 radical (unpaired) electrons. The number of rotatable bonds is 8. The zero-order valence-electron chi connectivity index (χ0n) is 13.8. The number of thiophene rings is 2. The first-order chi connectivity index (χ1) is 12.1. The lowest BCUT2D eigenvalue weighted by Crippen LogP contribution is -2.29. The monoisotopic (exact) mass is 393 g/mol. The summed E-state index contributed by atoms with van der Waals surface area (Å²) in [7, 11) is -3.59.